The van der Waals surface area contributed by atoms with Gasteiger partial charge in [0.1, 0.15) is 6.20 Å². The van der Waals surface area contributed by atoms with E-state index in [0.29, 0.717) is 5.56 Å². The molecule has 0 saturated heterocycles. The zero-order valence-corrected chi connectivity index (χ0v) is 10.6. The molecule has 0 radical (unpaired) electrons. The first-order valence-corrected chi connectivity index (χ1v) is 5.19. The maximum atomic E-state index is 11.6. The molecule has 0 atom stereocenters. The Balaban J connectivity index is 3.27. The summed E-state index contributed by atoms with van der Waals surface area (Å²) in [7, 11) is 2.25. The largest absolute Gasteiger partial charge is 0.468 e. The van der Waals surface area contributed by atoms with Gasteiger partial charge >= 0.3 is 11.9 Å². The second kappa shape index (κ2) is 5.89. The smallest absolute Gasteiger partial charge is 0.326 e. The molecule has 0 spiro atoms. The van der Waals surface area contributed by atoms with Crippen molar-refractivity contribution in [1.82, 2.24) is 4.98 Å². The Hall–Kier alpha value is -2.51. The van der Waals surface area contributed by atoms with Crippen LogP contribution in [0.3, 0.4) is 0 Å². The third-order valence-electron chi connectivity index (χ3n) is 2.46. The lowest BCUT2D eigenvalue weighted by atomic mass is 10.0. The van der Waals surface area contributed by atoms with Crippen LogP contribution in [0.1, 0.15) is 17.2 Å². The van der Waals surface area contributed by atoms with Gasteiger partial charge in [-0.25, -0.2) is 0 Å². The van der Waals surface area contributed by atoms with Crippen LogP contribution in [-0.4, -0.2) is 36.1 Å². The normalized spacial score (nSPS) is 10.1. The molecule has 0 bridgehead atoms. The third kappa shape index (κ3) is 3.03. The first-order valence-electron chi connectivity index (χ1n) is 5.19. The van der Waals surface area contributed by atoms with Crippen molar-refractivity contribution >= 4 is 17.6 Å². The van der Waals surface area contributed by atoms with E-state index in [1.165, 1.54) is 13.0 Å². The number of hydrogen-bond donors (Lipinski definition) is 0. The molecule has 0 aliphatic carbocycles. The minimum Gasteiger partial charge on any atom is -0.468 e. The number of carbonyl (C=O) groups is 2. The zero-order chi connectivity index (χ0) is 14.6. The second-order valence-corrected chi connectivity index (χ2v) is 3.63. The van der Waals surface area contributed by atoms with Gasteiger partial charge in [-0.3, -0.25) is 24.7 Å². The molecule has 102 valence electrons. The highest BCUT2D eigenvalue weighted by Gasteiger charge is 2.33. The Morgan fingerprint density at radius 3 is 2.21 bits per heavy atom. The fourth-order valence-electron chi connectivity index (χ4n) is 1.53. The minimum absolute atomic E-state index is 0.0734. The Morgan fingerprint density at radius 2 is 1.84 bits per heavy atom. The highest BCUT2D eigenvalue weighted by atomic mass is 16.6. The number of methoxy groups -OCH3 is 2. The Morgan fingerprint density at radius 1 is 1.32 bits per heavy atom. The SMILES string of the molecule is COC(=O)C(C(=O)OC)c1ncc([N+](=O)[O-])cc1C. The lowest BCUT2D eigenvalue weighted by Gasteiger charge is -2.13. The van der Waals surface area contributed by atoms with E-state index in [9.17, 15) is 19.7 Å². The van der Waals surface area contributed by atoms with Crippen LogP contribution in [0.25, 0.3) is 0 Å². The quantitative estimate of drug-likeness (QED) is 0.342. The minimum atomic E-state index is -1.35. The van der Waals surface area contributed by atoms with Gasteiger partial charge in [0.25, 0.3) is 5.69 Å². The van der Waals surface area contributed by atoms with Gasteiger partial charge in [0.15, 0.2) is 5.92 Å². The molecule has 0 amide bonds. The van der Waals surface area contributed by atoms with Crippen LogP contribution in [0.2, 0.25) is 0 Å². The van der Waals surface area contributed by atoms with E-state index >= 15 is 0 Å². The molecule has 8 nitrogen and oxygen atoms in total. The van der Waals surface area contributed by atoms with Crippen LogP contribution < -0.4 is 0 Å². The van der Waals surface area contributed by atoms with Gasteiger partial charge in [-0.05, 0) is 12.5 Å². The molecule has 1 aromatic heterocycles. The van der Waals surface area contributed by atoms with Crippen LogP contribution in [0.5, 0.6) is 0 Å². The third-order valence-corrected chi connectivity index (χ3v) is 2.46. The van der Waals surface area contributed by atoms with Crippen molar-refractivity contribution in [2.24, 2.45) is 0 Å². The van der Waals surface area contributed by atoms with Crippen molar-refractivity contribution in [3.63, 3.8) is 0 Å². The summed E-state index contributed by atoms with van der Waals surface area (Å²) >= 11 is 0. The van der Waals surface area contributed by atoms with E-state index in [1.54, 1.807) is 0 Å². The molecule has 0 aromatic carbocycles. The molecule has 0 unspecified atom stereocenters. The number of aromatic nitrogens is 1. The van der Waals surface area contributed by atoms with E-state index in [0.717, 1.165) is 20.4 Å². The summed E-state index contributed by atoms with van der Waals surface area (Å²) in [4.78, 5) is 36.9. The number of pyridine rings is 1. The molecule has 0 aliphatic heterocycles. The number of aryl methyl sites for hydroxylation is 1. The Bertz CT molecular complexity index is 512. The topological polar surface area (TPSA) is 109 Å². The monoisotopic (exact) mass is 268 g/mol. The predicted molar refractivity (Wildman–Crippen MR) is 62.4 cm³/mol. The number of rotatable bonds is 4. The lowest BCUT2D eigenvalue weighted by molar-refractivity contribution is -0.385. The van der Waals surface area contributed by atoms with E-state index in [-0.39, 0.29) is 11.4 Å². The van der Waals surface area contributed by atoms with E-state index < -0.39 is 22.8 Å². The van der Waals surface area contributed by atoms with E-state index in [4.69, 9.17) is 0 Å². The molecule has 0 N–H and O–H groups in total. The average Bonchev–Trinajstić information content (AvgIpc) is 2.39. The molecule has 8 heteroatoms. The predicted octanol–water partition coefficient (Wildman–Crippen LogP) is 0.728. The molecule has 0 saturated carbocycles. The molecule has 0 fully saturated rings. The second-order valence-electron chi connectivity index (χ2n) is 3.63. The molecule has 0 aliphatic rings. The maximum Gasteiger partial charge on any atom is 0.326 e. The summed E-state index contributed by atoms with van der Waals surface area (Å²) in [6, 6.07) is 1.22. The summed E-state index contributed by atoms with van der Waals surface area (Å²) < 4.78 is 9.02. The number of esters is 2. The first kappa shape index (κ1) is 14.6. The summed E-state index contributed by atoms with van der Waals surface area (Å²) in [5.74, 6) is -3.02. The van der Waals surface area contributed by atoms with Gasteiger partial charge in [0.05, 0.1) is 24.8 Å². The summed E-state index contributed by atoms with van der Waals surface area (Å²) in [5, 5.41) is 10.6. The number of carbonyl (C=O) groups excluding carboxylic acids is 2. The highest BCUT2D eigenvalue weighted by Crippen LogP contribution is 2.23. The molecular formula is C11H12N2O6. The lowest BCUT2D eigenvalue weighted by Crippen LogP contribution is -2.26. The van der Waals surface area contributed by atoms with Crippen molar-refractivity contribution in [1.29, 1.82) is 0 Å². The number of nitrogens with zero attached hydrogens (tertiary/aromatic N) is 2. The van der Waals surface area contributed by atoms with Crippen LogP contribution in [0, 0.1) is 17.0 Å². The summed E-state index contributed by atoms with van der Waals surface area (Å²) in [6.07, 6.45) is 0.973. The molecule has 1 aromatic rings. The summed E-state index contributed by atoms with van der Waals surface area (Å²) in [5.41, 5.74) is 0.175. The van der Waals surface area contributed by atoms with Gasteiger partial charge in [-0.1, -0.05) is 0 Å². The van der Waals surface area contributed by atoms with Crippen molar-refractivity contribution in [3.05, 3.63) is 33.6 Å². The zero-order valence-electron chi connectivity index (χ0n) is 10.6. The van der Waals surface area contributed by atoms with Gasteiger partial charge in [-0.15, -0.1) is 0 Å². The summed E-state index contributed by atoms with van der Waals surface area (Å²) in [6.45, 7) is 1.51. The molecule has 1 heterocycles. The number of ether oxygens (including phenoxy) is 2. The number of nitro groups is 1. The Labute approximate surface area is 108 Å². The van der Waals surface area contributed by atoms with Crippen LogP contribution in [-0.2, 0) is 19.1 Å². The fourth-order valence-corrected chi connectivity index (χ4v) is 1.53. The fraction of sp³-hybridized carbons (Fsp3) is 0.364. The first-order chi connectivity index (χ1) is 8.92. The van der Waals surface area contributed by atoms with Crippen molar-refractivity contribution in [2.45, 2.75) is 12.8 Å². The Kier molecular flexibility index (Phi) is 4.51. The highest BCUT2D eigenvalue weighted by molar-refractivity contribution is 6.00. The molecule has 1 rings (SSSR count). The van der Waals surface area contributed by atoms with Gasteiger partial charge in [0.2, 0.25) is 0 Å². The van der Waals surface area contributed by atoms with E-state index in [2.05, 4.69) is 14.5 Å². The number of hydrogen-bond acceptors (Lipinski definition) is 7. The van der Waals surface area contributed by atoms with Crippen molar-refractivity contribution in [3.8, 4) is 0 Å². The van der Waals surface area contributed by atoms with Crippen LogP contribution >= 0.6 is 0 Å². The van der Waals surface area contributed by atoms with Gasteiger partial charge in [-0.2, -0.15) is 0 Å². The van der Waals surface area contributed by atoms with E-state index in [1.807, 2.05) is 0 Å². The van der Waals surface area contributed by atoms with Gasteiger partial charge in [0, 0.05) is 6.07 Å². The molecular weight excluding hydrogens is 256 g/mol. The van der Waals surface area contributed by atoms with Crippen molar-refractivity contribution in [2.75, 3.05) is 14.2 Å². The maximum absolute atomic E-state index is 11.6. The molecule has 19 heavy (non-hydrogen) atoms. The van der Waals surface area contributed by atoms with Crippen LogP contribution in [0.15, 0.2) is 12.3 Å². The van der Waals surface area contributed by atoms with Gasteiger partial charge < -0.3 is 9.47 Å². The standard InChI is InChI=1S/C11H12N2O6/c1-6-4-7(13(16)17)5-12-9(6)8(10(14)18-2)11(15)19-3/h4-5,8H,1-3H3. The van der Waals surface area contributed by atoms with Crippen molar-refractivity contribution < 1.29 is 24.0 Å². The average molecular weight is 268 g/mol. The van der Waals surface area contributed by atoms with Crippen LogP contribution in [0.4, 0.5) is 5.69 Å².